The molecule has 0 saturated carbocycles. The molecular formula is C50H41N2Si2+. The first-order valence-corrected chi connectivity index (χ1v) is 25.0. The number of hydrogen-bond donors (Lipinski definition) is 0. The lowest BCUT2D eigenvalue weighted by atomic mass is 9.82. The van der Waals surface area contributed by atoms with Gasteiger partial charge in [-0.05, 0) is 101 Å². The van der Waals surface area contributed by atoms with Gasteiger partial charge in [-0.1, -0.05) is 146 Å². The molecule has 7 aromatic carbocycles. The average Bonchev–Trinajstić information content (AvgIpc) is 3.78. The summed E-state index contributed by atoms with van der Waals surface area (Å²) in [5.41, 5.74) is 16.1. The van der Waals surface area contributed by atoms with Gasteiger partial charge in [0, 0.05) is 18.0 Å². The van der Waals surface area contributed by atoms with Gasteiger partial charge in [0.1, 0.15) is 5.65 Å². The Morgan fingerprint density at radius 3 is 1.67 bits per heavy atom. The fraction of sp³-hybridized carbons (Fsp3) is 0.100. The van der Waals surface area contributed by atoms with E-state index in [-0.39, 0.29) is 0 Å². The molecule has 1 aliphatic rings. The van der Waals surface area contributed by atoms with Crippen molar-refractivity contribution in [1.29, 1.82) is 0 Å². The lowest BCUT2D eigenvalue weighted by Gasteiger charge is -2.21. The maximum absolute atomic E-state index is 4.88. The molecule has 2 aromatic heterocycles. The molecule has 1 aliphatic carbocycles. The highest BCUT2D eigenvalue weighted by atomic mass is 28.3. The van der Waals surface area contributed by atoms with E-state index in [1.807, 2.05) is 18.2 Å². The summed E-state index contributed by atoms with van der Waals surface area (Å²) in [5.74, 6) is 0. The molecule has 0 N–H and O–H groups in total. The molecule has 2 nitrogen and oxygen atoms in total. The van der Waals surface area contributed by atoms with E-state index in [2.05, 4.69) is 177 Å². The number of aromatic nitrogens is 2. The van der Waals surface area contributed by atoms with E-state index in [4.69, 9.17) is 4.98 Å². The van der Waals surface area contributed by atoms with Crippen LogP contribution in [-0.2, 0) is 0 Å². The third-order valence-corrected chi connectivity index (χ3v) is 15.0. The summed E-state index contributed by atoms with van der Waals surface area (Å²) in [6.45, 7) is 12.0. The van der Waals surface area contributed by atoms with E-state index in [0.717, 1.165) is 16.9 Å². The summed E-state index contributed by atoms with van der Waals surface area (Å²) in [4.78, 5) is 4.88. The normalized spacial score (nSPS) is 12.2. The molecule has 0 atom stereocenters. The van der Waals surface area contributed by atoms with Crippen molar-refractivity contribution in [1.82, 2.24) is 9.38 Å². The second-order valence-corrected chi connectivity index (χ2v) is 23.7. The minimum absolute atomic E-state index is 0.552. The SMILES string of the molecule is C[Si+](C)c1ccc(-c2c3c(c(-c4ccc([Si](C)(C)C)cc4)c4ccccc24)-c2ccc(-c4ccc(-c5cn6ccccc6n5)cc4)c4cccc-3c24)cc1. The van der Waals surface area contributed by atoms with Crippen LogP contribution in [0.1, 0.15) is 0 Å². The number of pyridine rings is 1. The van der Waals surface area contributed by atoms with Crippen LogP contribution in [0.4, 0.5) is 0 Å². The largest absolute Gasteiger partial charge is 0.345 e. The van der Waals surface area contributed by atoms with Crippen molar-refractivity contribution < 1.29 is 0 Å². The maximum atomic E-state index is 4.88. The minimum atomic E-state index is -1.46. The van der Waals surface area contributed by atoms with Crippen molar-refractivity contribution >= 4 is 54.4 Å². The standard InChI is InChI=1S/C50H41N2Si2/c1-53(2)36-24-20-34(21-25-36)46-40-11-6-7-12-41(40)47(35-22-26-37(27-23-35)54(3,4)5)50-43-29-28-38(39-13-10-14-42(48(39)43)49(46)50)32-16-18-33(19-17-32)44-31-52-30-9-8-15-45(52)51-44/h6-31H,1-5H3/q+1. The van der Waals surface area contributed by atoms with Gasteiger partial charge < -0.3 is 4.40 Å². The quantitative estimate of drug-likeness (QED) is 0.156. The van der Waals surface area contributed by atoms with Gasteiger partial charge in [0.25, 0.3) is 0 Å². The first-order valence-electron chi connectivity index (χ1n) is 19.0. The molecule has 0 spiro atoms. The number of rotatable bonds is 6. The zero-order valence-electron chi connectivity index (χ0n) is 31.4. The third kappa shape index (κ3) is 5.16. The van der Waals surface area contributed by atoms with Gasteiger partial charge in [-0.3, -0.25) is 0 Å². The van der Waals surface area contributed by atoms with Crippen LogP contribution >= 0.6 is 0 Å². The summed E-state index contributed by atoms with van der Waals surface area (Å²) in [6, 6.07) is 54.9. The van der Waals surface area contributed by atoms with E-state index in [0.29, 0.717) is 0 Å². The van der Waals surface area contributed by atoms with Gasteiger partial charge in [-0.15, -0.1) is 0 Å². The maximum Gasteiger partial charge on any atom is 0.345 e. The molecule has 2 heterocycles. The smallest absolute Gasteiger partial charge is 0.306 e. The van der Waals surface area contributed by atoms with Crippen molar-refractivity contribution in [3.8, 4) is 66.9 Å². The Hall–Kier alpha value is -5.82. The minimum Gasteiger partial charge on any atom is -0.306 e. The number of hydrogen-bond acceptors (Lipinski definition) is 1. The molecule has 0 bridgehead atoms. The first-order chi connectivity index (χ1) is 26.2. The Morgan fingerprint density at radius 2 is 1.04 bits per heavy atom. The van der Waals surface area contributed by atoms with E-state index in [9.17, 15) is 0 Å². The summed E-state index contributed by atoms with van der Waals surface area (Å²) in [5, 5.41) is 8.19. The summed E-state index contributed by atoms with van der Waals surface area (Å²) in [6.07, 6.45) is 4.16. The van der Waals surface area contributed by atoms with Crippen molar-refractivity contribution in [3.05, 3.63) is 158 Å². The van der Waals surface area contributed by atoms with Gasteiger partial charge >= 0.3 is 8.80 Å². The molecule has 0 unspecified atom stereocenters. The van der Waals surface area contributed by atoms with Crippen molar-refractivity contribution in [2.75, 3.05) is 0 Å². The Morgan fingerprint density at radius 1 is 0.481 bits per heavy atom. The lowest BCUT2D eigenvalue weighted by Crippen LogP contribution is -2.37. The predicted molar refractivity (Wildman–Crippen MR) is 236 cm³/mol. The van der Waals surface area contributed by atoms with Crippen LogP contribution in [0.3, 0.4) is 0 Å². The van der Waals surface area contributed by atoms with Gasteiger partial charge in [-0.2, -0.15) is 0 Å². The van der Waals surface area contributed by atoms with Gasteiger partial charge in [0.15, 0.2) is 0 Å². The van der Waals surface area contributed by atoms with Gasteiger partial charge in [0.2, 0.25) is 0 Å². The van der Waals surface area contributed by atoms with Crippen molar-refractivity contribution in [3.63, 3.8) is 0 Å². The van der Waals surface area contributed by atoms with Crippen molar-refractivity contribution in [2.45, 2.75) is 32.7 Å². The van der Waals surface area contributed by atoms with E-state index in [1.165, 1.54) is 87.6 Å². The van der Waals surface area contributed by atoms with Crippen LogP contribution in [0.15, 0.2) is 158 Å². The van der Waals surface area contributed by atoms with Crippen LogP contribution in [0.25, 0.3) is 94.1 Å². The zero-order valence-corrected chi connectivity index (χ0v) is 33.4. The van der Waals surface area contributed by atoms with Crippen molar-refractivity contribution in [2.24, 2.45) is 0 Å². The van der Waals surface area contributed by atoms with Crippen LogP contribution in [0.5, 0.6) is 0 Å². The highest BCUT2D eigenvalue weighted by Crippen LogP contribution is 2.58. The highest BCUT2D eigenvalue weighted by Gasteiger charge is 2.31. The molecule has 0 aliphatic heterocycles. The number of benzene rings is 7. The first kappa shape index (κ1) is 32.8. The van der Waals surface area contributed by atoms with Crippen LogP contribution in [-0.4, -0.2) is 26.3 Å². The molecule has 9 aromatic rings. The molecule has 10 rings (SSSR count). The number of nitrogens with zero attached hydrogens (tertiary/aromatic N) is 2. The number of fused-ring (bicyclic) bond motifs is 5. The summed E-state index contributed by atoms with van der Waals surface area (Å²) < 4.78 is 2.08. The Labute approximate surface area is 320 Å². The van der Waals surface area contributed by atoms with Crippen LogP contribution in [0.2, 0.25) is 32.7 Å². The Kier molecular flexibility index (Phi) is 7.52. The van der Waals surface area contributed by atoms with E-state index >= 15 is 0 Å². The van der Waals surface area contributed by atoms with E-state index < -0.39 is 16.9 Å². The van der Waals surface area contributed by atoms with E-state index in [1.54, 1.807) is 0 Å². The fourth-order valence-corrected chi connectivity index (χ4v) is 10.7. The zero-order chi connectivity index (χ0) is 36.7. The van der Waals surface area contributed by atoms with Gasteiger partial charge in [-0.25, -0.2) is 4.98 Å². The monoisotopic (exact) mass is 725 g/mol. The third-order valence-electron chi connectivity index (χ3n) is 11.4. The molecule has 258 valence electrons. The molecule has 0 amide bonds. The Bertz CT molecular complexity index is 2880. The number of imidazole rings is 1. The molecule has 0 fully saturated rings. The molecule has 54 heavy (non-hydrogen) atoms. The molecular weight excluding hydrogens is 685 g/mol. The summed E-state index contributed by atoms with van der Waals surface area (Å²) >= 11 is 0. The molecule has 0 radical (unpaired) electrons. The second kappa shape index (κ2) is 12.4. The lowest BCUT2D eigenvalue weighted by molar-refractivity contribution is 1.19. The van der Waals surface area contributed by atoms with Gasteiger partial charge in [0.05, 0.1) is 32.0 Å². The average molecular weight is 726 g/mol. The fourth-order valence-electron chi connectivity index (χ4n) is 8.65. The highest BCUT2D eigenvalue weighted by molar-refractivity contribution is 6.88. The molecule has 0 saturated heterocycles. The molecule has 4 heteroatoms. The van der Waals surface area contributed by atoms with Crippen LogP contribution in [0, 0.1) is 0 Å². The van der Waals surface area contributed by atoms with Crippen LogP contribution < -0.4 is 10.4 Å². The Balaban J connectivity index is 1.21. The topological polar surface area (TPSA) is 17.3 Å². The second-order valence-electron chi connectivity index (χ2n) is 16.0. The summed E-state index contributed by atoms with van der Waals surface area (Å²) in [7, 11) is -2.01. The predicted octanol–water partition coefficient (Wildman–Crippen LogP) is 12.5.